The number of carbonyl (C=O) groups is 2. The SMILES string of the molecule is COc1ccc(NC(=O)CSc2ncc(CO)n2CC(N)=O)c(OC)c1. The van der Waals surface area contributed by atoms with E-state index in [1.54, 1.807) is 25.3 Å². The zero-order chi connectivity index (χ0) is 19.1. The molecule has 0 radical (unpaired) electrons. The highest BCUT2D eigenvalue weighted by molar-refractivity contribution is 7.99. The zero-order valence-electron chi connectivity index (χ0n) is 14.4. The molecule has 0 bridgehead atoms. The Labute approximate surface area is 154 Å². The summed E-state index contributed by atoms with van der Waals surface area (Å²) in [5.41, 5.74) is 6.17. The second-order valence-corrected chi connectivity index (χ2v) is 6.09. The van der Waals surface area contributed by atoms with E-state index in [0.717, 1.165) is 11.8 Å². The Bertz CT molecular complexity index is 793. The number of imidazole rings is 1. The van der Waals surface area contributed by atoms with Crippen molar-refractivity contribution < 1.29 is 24.2 Å². The van der Waals surface area contributed by atoms with Crippen molar-refractivity contribution in [2.45, 2.75) is 18.3 Å². The van der Waals surface area contributed by atoms with Crippen molar-refractivity contribution in [3.8, 4) is 11.5 Å². The number of primary amides is 1. The first-order valence-electron chi connectivity index (χ1n) is 7.56. The van der Waals surface area contributed by atoms with Crippen LogP contribution in [0.3, 0.4) is 0 Å². The molecule has 2 rings (SSSR count). The van der Waals surface area contributed by atoms with Gasteiger partial charge in [-0.25, -0.2) is 4.98 Å². The fourth-order valence-corrected chi connectivity index (χ4v) is 2.97. The van der Waals surface area contributed by atoms with E-state index < -0.39 is 5.91 Å². The van der Waals surface area contributed by atoms with Crippen LogP contribution in [0.15, 0.2) is 29.6 Å². The second-order valence-electron chi connectivity index (χ2n) is 5.15. The molecular formula is C16H20N4O5S. The molecule has 26 heavy (non-hydrogen) atoms. The summed E-state index contributed by atoms with van der Waals surface area (Å²) in [5.74, 6) is 0.292. The number of aliphatic hydroxyl groups excluding tert-OH is 1. The van der Waals surface area contributed by atoms with Crippen LogP contribution in [0.25, 0.3) is 0 Å². The first-order chi connectivity index (χ1) is 12.5. The summed E-state index contributed by atoms with van der Waals surface area (Å²) in [4.78, 5) is 27.5. The van der Waals surface area contributed by atoms with Crippen LogP contribution in [0.2, 0.25) is 0 Å². The lowest BCUT2D eigenvalue weighted by molar-refractivity contribution is -0.118. The van der Waals surface area contributed by atoms with Crippen LogP contribution in [-0.2, 0) is 22.7 Å². The molecule has 1 heterocycles. The van der Waals surface area contributed by atoms with Gasteiger partial charge in [-0.1, -0.05) is 11.8 Å². The normalized spacial score (nSPS) is 10.4. The number of carbonyl (C=O) groups excluding carboxylic acids is 2. The molecule has 1 aromatic heterocycles. The minimum Gasteiger partial charge on any atom is -0.497 e. The third-order valence-corrected chi connectivity index (χ3v) is 4.38. The number of aromatic nitrogens is 2. The topological polar surface area (TPSA) is 129 Å². The maximum Gasteiger partial charge on any atom is 0.237 e. The summed E-state index contributed by atoms with van der Waals surface area (Å²) in [7, 11) is 3.04. The Balaban J connectivity index is 2.03. The van der Waals surface area contributed by atoms with Gasteiger partial charge in [0.25, 0.3) is 0 Å². The minimum atomic E-state index is -0.563. The average Bonchev–Trinajstić information content (AvgIpc) is 3.01. The first kappa shape index (κ1) is 19.6. The molecule has 0 aliphatic rings. The van der Waals surface area contributed by atoms with Gasteiger partial charge in [0.15, 0.2) is 5.16 Å². The third-order valence-electron chi connectivity index (χ3n) is 3.39. The Kier molecular flexibility index (Phi) is 6.87. The van der Waals surface area contributed by atoms with Gasteiger partial charge in [-0.2, -0.15) is 0 Å². The van der Waals surface area contributed by atoms with Gasteiger partial charge in [-0.05, 0) is 12.1 Å². The number of anilines is 1. The van der Waals surface area contributed by atoms with Crippen LogP contribution >= 0.6 is 11.8 Å². The van der Waals surface area contributed by atoms with Gasteiger partial charge >= 0.3 is 0 Å². The van der Waals surface area contributed by atoms with Crippen LogP contribution in [-0.4, -0.2) is 46.4 Å². The molecule has 1 aromatic carbocycles. The highest BCUT2D eigenvalue weighted by atomic mass is 32.2. The molecule has 0 fully saturated rings. The van der Waals surface area contributed by atoms with E-state index in [-0.39, 0.29) is 24.8 Å². The molecule has 0 spiro atoms. The zero-order valence-corrected chi connectivity index (χ0v) is 15.2. The van der Waals surface area contributed by atoms with E-state index in [4.69, 9.17) is 15.2 Å². The van der Waals surface area contributed by atoms with Crippen molar-refractivity contribution in [3.05, 3.63) is 30.1 Å². The molecule has 4 N–H and O–H groups in total. The lowest BCUT2D eigenvalue weighted by atomic mass is 10.2. The molecule has 10 heteroatoms. The van der Waals surface area contributed by atoms with Gasteiger partial charge in [-0.15, -0.1) is 0 Å². The van der Waals surface area contributed by atoms with Crippen LogP contribution in [0.1, 0.15) is 5.69 Å². The number of benzene rings is 1. The number of hydrogen-bond donors (Lipinski definition) is 3. The van der Waals surface area contributed by atoms with Crippen LogP contribution in [0, 0.1) is 0 Å². The molecule has 0 saturated heterocycles. The lowest BCUT2D eigenvalue weighted by Gasteiger charge is -2.12. The van der Waals surface area contributed by atoms with E-state index >= 15 is 0 Å². The molecule has 2 amide bonds. The maximum atomic E-state index is 12.2. The maximum absolute atomic E-state index is 12.2. The first-order valence-corrected chi connectivity index (χ1v) is 8.55. The Hall–Kier alpha value is -2.72. The number of methoxy groups -OCH3 is 2. The number of hydrogen-bond acceptors (Lipinski definition) is 7. The number of ether oxygens (including phenoxy) is 2. The lowest BCUT2D eigenvalue weighted by Crippen LogP contribution is -2.21. The van der Waals surface area contributed by atoms with Gasteiger partial charge in [0.05, 0.1) is 44.2 Å². The van der Waals surface area contributed by atoms with E-state index in [1.165, 1.54) is 17.9 Å². The predicted molar refractivity (Wildman–Crippen MR) is 96.2 cm³/mol. The molecule has 0 atom stereocenters. The number of nitrogens with zero attached hydrogens (tertiary/aromatic N) is 2. The van der Waals surface area contributed by atoms with E-state index in [0.29, 0.717) is 28.0 Å². The predicted octanol–water partition coefficient (Wildman–Crippen LogP) is 0.609. The van der Waals surface area contributed by atoms with Gasteiger partial charge in [0.1, 0.15) is 18.0 Å². The van der Waals surface area contributed by atoms with E-state index in [1.807, 2.05) is 0 Å². The van der Waals surface area contributed by atoms with Crippen molar-refractivity contribution in [1.29, 1.82) is 0 Å². The fraction of sp³-hybridized carbons (Fsp3) is 0.312. The Morgan fingerprint density at radius 3 is 2.73 bits per heavy atom. The number of nitrogens with two attached hydrogens (primary N) is 1. The molecule has 0 aliphatic carbocycles. The standard InChI is InChI=1S/C16H20N4O5S/c1-24-11-3-4-12(13(5-11)25-2)19-15(23)9-26-16-18-6-10(8-21)20(16)7-14(17)22/h3-6,21H,7-9H2,1-2H3,(H2,17,22)(H,19,23). The Morgan fingerprint density at radius 1 is 1.35 bits per heavy atom. The van der Waals surface area contributed by atoms with Gasteiger partial charge in [-0.3, -0.25) is 9.59 Å². The summed E-state index contributed by atoms with van der Waals surface area (Å²) >= 11 is 1.13. The molecule has 2 aromatic rings. The van der Waals surface area contributed by atoms with Gasteiger partial charge in [0, 0.05) is 6.07 Å². The highest BCUT2D eigenvalue weighted by Gasteiger charge is 2.15. The fourth-order valence-electron chi connectivity index (χ4n) is 2.18. The summed E-state index contributed by atoms with van der Waals surface area (Å²) in [6.45, 7) is -0.401. The van der Waals surface area contributed by atoms with Gasteiger partial charge in [0.2, 0.25) is 11.8 Å². The highest BCUT2D eigenvalue weighted by Crippen LogP contribution is 2.29. The molecule has 0 aliphatic heterocycles. The van der Waals surface area contributed by atoms with Crippen molar-refractivity contribution in [2.75, 3.05) is 25.3 Å². The number of rotatable bonds is 9. The van der Waals surface area contributed by atoms with Crippen LogP contribution in [0.4, 0.5) is 5.69 Å². The van der Waals surface area contributed by atoms with Crippen molar-refractivity contribution in [2.24, 2.45) is 5.73 Å². The molecule has 0 unspecified atom stereocenters. The van der Waals surface area contributed by atoms with Crippen LogP contribution < -0.4 is 20.5 Å². The van der Waals surface area contributed by atoms with Crippen molar-refractivity contribution in [1.82, 2.24) is 9.55 Å². The van der Waals surface area contributed by atoms with E-state index in [2.05, 4.69) is 10.3 Å². The monoisotopic (exact) mass is 380 g/mol. The molecule has 9 nitrogen and oxygen atoms in total. The molecule has 140 valence electrons. The van der Waals surface area contributed by atoms with Crippen molar-refractivity contribution >= 4 is 29.3 Å². The summed E-state index contributed by atoms with van der Waals surface area (Å²) in [6.07, 6.45) is 1.44. The van der Waals surface area contributed by atoms with Gasteiger partial charge < -0.3 is 30.2 Å². The number of aliphatic hydroxyl groups is 1. The number of amides is 2. The summed E-state index contributed by atoms with van der Waals surface area (Å²) < 4.78 is 11.8. The van der Waals surface area contributed by atoms with Crippen LogP contribution in [0.5, 0.6) is 11.5 Å². The quantitative estimate of drug-likeness (QED) is 0.544. The minimum absolute atomic E-state index is 0.0514. The smallest absolute Gasteiger partial charge is 0.237 e. The number of nitrogens with one attached hydrogen (secondary N) is 1. The Morgan fingerprint density at radius 2 is 2.12 bits per heavy atom. The third kappa shape index (κ3) is 4.90. The molecular weight excluding hydrogens is 360 g/mol. The molecule has 0 saturated carbocycles. The summed E-state index contributed by atoms with van der Waals surface area (Å²) in [6, 6.07) is 5.05. The average molecular weight is 380 g/mol. The summed E-state index contributed by atoms with van der Waals surface area (Å²) in [5, 5.41) is 12.5. The van der Waals surface area contributed by atoms with E-state index in [9.17, 15) is 14.7 Å². The second kappa shape index (κ2) is 9.11. The van der Waals surface area contributed by atoms with Crippen molar-refractivity contribution in [3.63, 3.8) is 0 Å². The largest absolute Gasteiger partial charge is 0.497 e. The number of thioether (sulfide) groups is 1.